The molecule has 0 aliphatic rings. The van der Waals surface area contributed by atoms with Gasteiger partial charge in [-0.1, -0.05) is 13.8 Å². The number of carboxylic acid groups (broad SMARTS) is 1. The lowest BCUT2D eigenvalue weighted by Crippen LogP contribution is -2.19. The first-order valence-electron chi connectivity index (χ1n) is 6.38. The first-order chi connectivity index (χ1) is 9.57. The molecule has 2 aromatic rings. The van der Waals surface area contributed by atoms with Crippen LogP contribution in [0, 0.1) is 5.41 Å². The fourth-order valence-corrected chi connectivity index (χ4v) is 2.78. The van der Waals surface area contributed by atoms with Crippen molar-refractivity contribution in [1.82, 2.24) is 4.98 Å². The van der Waals surface area contributed by atoms with E-state index in [1.165, 1.54) is 12.1 Å². The molecule has 7 heteroatoms. The molecule has 0 saturated heterocycles. The van der Waals surface area contributed by atoms with Gasteiger partial charge < -0.3 is 9.52 Å². The van der Waals surface area contributed by atoms with Gasteiger partial charge in [0.2, 0.25) is 0 Å². The van der Waals surface area contributed by atoms with E-state index in [2.05, 4.69) is 4.98 Å². The van der Waals surface area contributed by atoms with Gasteiger partial charge in [0.05, 0.1) is 11.3 Å². The van der Waals surface area contributed by atoms with Gasteiger partial charge in [-0.15, -0.1) is 0 Å². The third-order valence-corrected chi connectivity index (χ3v) is 4.20. The average molecular weight is 311 g/mol. The number of hydrogen-bond donors (Lipinski definition) is 1. The highest BCUT2D eigenvalue weighted by molar-refractivity contribution is 7.90. The standard InChI is InChI=1S/C14H17NO5S/c1-14(2,8-13(16)17)7-12-15-10-6-9(21(3,18)19)4-5-11(10)20-12/h4-6H,7-8H2,1-3H3,(H,16,17). The van der Waals surface area contributed by atoms with E-state index >= 15 is 0 Å². The van der Waals surface area contributed by atoms with E-state index in [1.54, 1.807) is 6.07 Å². The van der Waals surface area contributed by atoms with Crippen LogP contribution in [0.1, 0.15) is 26.2 Å². The Balaban J connectivity index is 2.33. The van der Waals surface area contributed by atoms with E-state index in [4.69, 9.17) is 9.52 Å². The molecule has 0 saturated carbocycles. The maximum atomic E-state index is 11.5. The number of oxazole rings is 1. The Morgan fingerprint density at radius 1 is 1.38 bits per heavy atom. The molecular weight excluding hydrogens is 294 g/mol. The first kappa shape index (κ1) is 15.5. The molecular formula is C14H17NO5S. The lowest BCUT2D eigenvalue weighted by Gasteiger charge is -2.19. The van der Waals surface area contributed by atoms with Gasteiger partial charge in [0, 0.05) is 12.7 Å². The van der Waals surface area contributed by atoms with Gasteiger partial charge in [-0.05, 0) is 23.6 Å². The van der Waals surface area contributed by atoms with Gasteiger partial charge in [-0.3, -0.25) is 4.79 Å². The molecule has 0 atom stereocenters. The predicted molar refractivity (Wildman–Crippen MR) is 76.9 cm³/mol. The third-order valence-electron chi connectivity index (χ3n) is 3.09. The highest BCUT2D eigenvalue weighted by Gasteiger charge is 2.25. The van der Waals surface area contributed by atoms with Crippen molar-refractivity contribution in [2.45, 2.75) is 31.6 Å². The number of carbonyl (C=O) groups is 1. The minimum absolute atomic E-state index is 0.000312. The van der Waals surface area contributed by atoms with E-state index in [1.807, 2.05) is 13.8 Å². The van der Waals surface area contributed by atoms with E-state index in [0.717, 1.165) is 6.26 Å². The van der Waals surface area contributed by atoms with Crippen molar-refractivity contribution >= 4 is 26.9 Å². The summed E-state index contributed by atoms with van der Waals surface area (Å²) in [5, 5.41) is 8.88. The summed E-state index contributed by atoms with van der Waals surface area (Å²) in [4.78, 5) is 15.3. The van der Waals surface area contributed by atoms with E-state index < -0.39 is 21.2 Å². The zero-order chi connectivity index (χ0) is 15.8. The van der Waals surface area contributed by atoms with Crippen LogP contribution in [0.4, 0.5) is 0 Å². The lowest BCUT2D eigenvalue weighted by atomic mass is 9.86. The summed E-state index contributed by atoms with van der Waals surface area (Å²) in [7, 11) is -3.30. The third kappa shape index (κ3) is 3.81. The Labute approximate surface area is 122 Å². The molecule has 21 heavy (non-hydrogen) atoms. The number of nitrogens with zero attached hydrogens (tertiary/aromatic N) is 1. The highest BCUT2D eigenvalue weighted by atomic mass is 32.2. The molecule has 0 unspecified atom stereocenters. The van der Waals surface area contributed by atoms with Crippen LogP contribution in [0.25, 0.3) is 11.1 Å². The first-order valence-corrected chi connectivity index (χ1v) is 8.27. The van der Waals surface area contributed by atoms with Crippen LogP contribution in [-0.2, 0) is 21.1 Å². The largest absolute Gasteiger partial charge is 0.481 e. The Hall–Kier alpha value is -1.89. The van der Waals surface area contributed by atoms with E-state index in [0.29, 0.717) is 23.4 Å². The van der Waals surface area contributed by atoms with Crippen LogP contribution in [0.5, 0.6) is 0 Å². The number of benzene rings is 1. The smallest absolute Gasteiger partial charge is 0.303 e. The Morgan fingerprint density at radius 2 is 2.05 bits per heavy atom. The molecule has 114 valence electrons. The fraction of sp³-hybridized carbons (Fsp3) is 0.429. The van der Waals surface area contributed by atoms with Crippen molar-refractivity contribution in [3.05, 3.63) is 24.1 Å². The van der Waals surface area contributed by atoms with Crippen molar-refractivity contribution in [3.8, 4) is 0 Å². The number of fused-ring (bicyclic) bond motifs is 1. The van der Waals surface area contributed by atoms with Crippen molar-refractivity contribution in [2.75, 3.05) is 6.26 Å². The van der Waals surface area contributed by atoms with Gasteiger partial charge >= 0.3 is 5.97 Å². The van der Waals surface area contributed by atoms with Crippen LogP contribution >= 0.6 is 0 Å². The van der Waals surface area contributed by atoms with Crippen molar-refractivity contribution in [1.29, 1.82) is 0 Å². The average Bonchev–Trinajstić information content (AvgIpc) is 2.65. The maximum Gasteiger partial charge on any atom is 0.303 e. The monoisotopic (exact) mass is 311 g/mol. The second-order valence-electron chi connectivity index (χ2n) is 5.92. The number of carboxylic acids is 1. The number of aliphatic carboxylic acids is 1. The second kappa shape index (κ2) is 5.14. The molecule has 0 aliphatic heterocycles. The molecule has 0 amide bonds. The number of aromatic nitrogens is 1. The van der Waals surface area contributed by atoms with Crippen LogP contribution in [0.3, 0.4) is 0 Å². The molecule has 0 aliphatic carbocycles. The summed E-state index contributed by atoms with van der Waals surface area (Å²) in [6.45, 7) is 3.63. The van der Waals surface area contributed by atoms with Crippen molar-refractivity contribution in [2.24, 2.45) is 5.41 Å². The number of sulfone groups is 1. The summed E-state index contributed by atoms with van der Waals surface area (Å²) >= 11 is 0. The van der Waals surface area contributed by atoms with Crippen LogP contribution < -0.4 is 0 Å². The molecule has 0 fully saturated rings. The van der Waals surface area contributed by atoms with Crippen LogP contribution in [-0.4, -0.2) is 30.7 Å². The molecule has 0 bridgehead atoms. The number of rotatable bonds is 5. The van der Waals surface area contributed by atoms with Gasteiger partial charge in [0.25, 0.3) is 0 Å². The SMILES string of the molecule is CC(C)(CC(=O)O)Cc1nc2cc(S(C)(=O)=O)ccc2o1. The van der Waals surface area contributed by atoms with Gasteiger partial charge in [0.1, 0.15) is 5.52 Å². The minimum Gasteiger partial charge on any atom is -0.481 e. The van der Waals surface area contributed by atoms with Crippen LogP contribution in [0.2, 0.25) is 0 Å². The van der Waals surface area contributed by atoms with Crippen molar-refractivity contribution < 1.29 is 22.7 Å². The predicted octanol–water partition coefficient (Wildman–Crippen LogP) is 2.27. The minimum atomic E-state index is -3.30. The van der Waals surface area contributed by atoms with Crippen LogP contribution in [0.15, 0.2) is 27.5 Å². The molecule has 6 nitrogen and oxygen atoms in total. The molecule has 0 radical (unpaired) electrons. The van der Waals surface area contributed by atoms with Gasteiger partial charge in [-0.25, -0.2) is 13.4 Å². The van der Waals surface area contributed by atoms with Gasteiger partial charge in [-0.2, -0.15) is 0 Å². The highest BCUT2D eigenvalue weighted by Crippen LogP contribution is 2.28. The van der Waals surface area contributed by atoms with E-state index in [-0.39, 0.29) is 11.3 Å². The number of hydrogen-bond acceptors (Lipinski definition) is 5. The zero-order valence-corrected chi connectivity index (χ0v) is 12.9. The summed E-state index contributed by atoms with van der Waals surface area (Å²) in [6.07, 6.45) is 1.49. The summed E-state index contributed by atoms with van der Waals surface area (Å²) < 4.78 is 28.6. The zero-order valence-electron chi connectivity index (χ0n) is 12.1. The molecule has 1 aromatic heterocycles. The summed E-state index contributed by atoms with van der Waals surface area (Å²) in [5.41, 5.74) is 0.453. The molecule has 0 spiro atoms. The Bertz CT molecular complexity index is 789. The Kier molecular flexibility index (Phi) is 3.79. The van der Waals surface area contributed by atoms with Crippen molar-refractivity contribution in [3.63, 3.8) is 0 Å². The second-order valence-corrected chi connectivity index (χ2v) is 7.94. The summed E-state index contributed by atoms with van der Waals surface area (Å²) in [5.74, 6) is -0.475. The fourth-order valence-electron chi connectivity index (χ4n) is 2.14. The lowest BCUT2D eigenvalue weighted by molar-refractivity contribution is -0.139. The maximum absolute atomic E-state index is 11.5. The molecule has 2 rings (SSSR count). The normalized spacial score (nSPS) is 12.7. The van der Waals surface area contributed by atoms with E-state index in [9.17, 15) is 13.2 Å². The Morgan fingerprint density at radius 3 is 2.62 bits per heavy atom. The van der Waals surface area contributed by atoms with Gasteiger partial charge in [0.15, 0.2) is 21.3 Å². The molecule has 1 aromatic carbocycles. The quantitative estimate of drug-likeness (QED) is 0.909. The topological polar surface area (TPSA) is 97.5 Å². The summed E-state index contributed by atoms with van der Waals surface area (Å²) in [6, 6.07) is 4.49. The molecule has 1 heterocycles. The molecule has 1 N–H and O–H groups in total.